The van der Waals surface area contributed by atoms with Gasteiger partial charge in [0, 0.05) is 17.0 Å². The Labute approximate surface area is 121 Å². The lowest BCUT2D eigenvalue weighted by Gasteiger charge is -2.34. The Hall–Kier alpha value is -0.470. The van der Waals surface area contributed by atoms with Crippen molar-refractivity contribution in [1.29, 1.82) is 0 Å². The van der Waals surface area contributed by atoms with Crippen molar-refractivity contribution >= 4 is 11.8 Å². The van der Waals surface area contributed by atoms with E-state index >= 15 is 0 Å². The summed E-state index contributed by atoms with van der Waals surface area (Å²) in [4.78, 5) is 1.49. The number of fused-ring (bicyclic) bond motifs is 1. The molecule has 0 amide bonds. The highest BCUT2D eigenvalue weighted by molar-refractivity contribution is 7.99. The number of hydrogen-bond donors (Lipinski definition) is 1. The summed E-state index contributed by atoms with van der Waals surface area (Å²) in [7, 11) is 0. The van der Waals surface area contributed by atoms with Gasteiger partial charge in [-0.15, -0.1) is 11.8 Å². The van der Waals surface area contributed by atoms with E-state index in [0.29, 0.717) is 6.04 Å². The Morgan fingerprint density at radius 2 is 2.11 bits per heavy atom. The average molecular weight is 275 g/mol. The van der Waals surface area contributed by atoms with Gasteiger partial charge in [-0.1, -0.05) is 44.4 Å². The van der Waals surface area contributed by atoms with Crippen molar-refractivity contribution in [3.05, 3.63) is 29.8 Å². The van der Waals surface area contributed by atoms with Crippen LogP contribution in [0, 0.1) is 5.92 Å². The van der Waals surface area contributed by atoms with Gasteiger partial charge in [0.15, 0.2) is 0 Å². The molecule has 1 nitrogen and oxygen atoms in total. The molecule has 1 fully saturated rings. The predicted octanol–water partition coefficient (Wildman–Crippen LogP) is 4.78. The summed E-state index contributed by atoms with van der Waals surface area (Å²) in [6.45, 7) is 2.35. The van der Waals surface area contributed by atoms with Gasteiger partial charge in [-0.05, 0) is 42.6 Å². The maximum atomic E-state index is 3.96. The zero-order valence-electron chi connectivity index (χ0n) is 11.9. The number of nitrogens with one attached hydrogen (secondary N) is 1. The van der Waals surface area contributed by atoms with E-state index in [2.05, 4.69) is 36.5 Å². The third-order valence-corrected chi connectivity index (χ3v) is 5.88. The van der Waals surface area contributed by atoms with E-state index in [9.17, 15) is 0 Å². The van der Waals surface area contributed by atoms with Gasteiger partial charge in [-0.3, -0.25) is 0 Å². The average Bonchev–Trinajstić information content (AvgIpc) is 2.48. The van der Waals surface area contributed by atoms with Crippen LogP contribution in [-0.4, -0.2) is 11.8 Å². The second-order valence-electron chi connectivity index (χ2n) is 6.03. The van der Waals surface area contributed by atoms with E-state index in [0.717, 1.165) is 12.0 Å². The van der Waals surface area contributed by atoms with Crippen LogP contribution in [0.1, 0.15) is 57.1 Å². The highest BCUT2D eigenvalue weighted by atomic mass is 32.2. The maximum absolute atomic E-state index is 3.96. The maximum Gasteiger partial charge on any atom is 0.0341 e. The molecule has 0 radical (unpaired) electrons. The molecule has 3 unspecified atom stereocenters. The van der Waals surface area contributed by atoms with Crippen molar-refractivity contribution in [3.63, 3.8) is 0 Å². The molecule has 2 heteroatoms. The fourth-order valence-electron chi connectivity index (χ4n) is 3.61. The Balaban J connectivity index is 1.67. The number of thioether (sulfide) groups is 1. The van der Waals surface area contributed by atoms with Crippen molar-refractivity contribution in [2.24, 2.45) is 5.92 Å². The van der Waals surface area contributed by atoms with Gasteiger partial charge in [0.1, 0.15) is 0 Å². The van der Waals surface area contributed by atoms with Gasteiger partial charge in [-0.25, -0.2) is 0 Å². The molecule has 0 spiro atoms. The first kappa shape index (κ1) is 13.5. The summed E-state index contributed by atoms with van der Waals surface area (Å²) >= 11 is 2.02. The van der Waals surface area contributed by atoms with E-state index in [-0.39, 0.29) is 0 Å². The lowest BCUT2D eigenvalue weighted by molar-refractivity contribution is 0.259. The lowest BCUT2D eigenvalue weighted by atomic mass is 9.83. The fraction of sp³-hybridized carbons (Fsp3) is 0.647. The van der Waals surface area contributed by atoms with Gasteiger partial charge in [-0.2, -0.15) is 0 Å². The molecule has 1 aliphatic carbocycles. The molecule has 1 aromatic carbocycles. The van der Waals surface area contributed by atoms with Gasteiger partial charge < -0.3 is 5.32 Å². The minimum absolute atomic E-state index is 0.595. The molecule has 104 valence electrons. The highest BCUT2D eigenvalue weighted by Crippen LogP contribution is 2.37. The molecule has 0 aromatic heterocycles. The van der Waals surface area contributed by atoms with E-state index < -0.39 is 0 Å². The van der Waals surface area contributed by atoms with Crippen LogP contribution in [0.5, 0.6) is 0 Å². The van der Waals surface area contributed by atoms with E-state index in [1.807, 2.05) is 11.8 Å². The van der Waals surface area contributed by atoms with Crippen LogP contribution in [0.3, 0.4) is 0 Å². The van der Waals surface area contributed by atoms with Gasteiger partial charge >= 0.3 is 0 Å². The molecule has 0 bridgehead atoms. The van der Waals surface area contributed by atoms with Crippen LogP contribution in [0.15, 0.2) is 29.2 Å². The summed E-state index contributed by atoms with van der Waals surface area (Å²) in [6, 6.07) is 10.3. The molecule has 1 saturated carbocycles. The molecule has 2 aliphatic rings. The molecule has 3 atom stereocenters. The van der Waals surface area contributed by atoms with Crippen LogP contribution in [0.4, 0.5) is 0 Å². The summed E-state index contributed by atoms with van der Waals surface area (Å²) in [6.07, 6.45) is 8.28. The largest absolute Gasteiger partial charge is 0.307 e. The molecular weight excluding hydrogens is 250 g/mol. The summed E-state index contributed by atoms with van der Waals surface area (Å²) in [5.74, 6) is 2.22. The van der Waals surface area contributed by atoms with E-state index in [1.165, 1.54) is 54.7 Å². The van der Waals surface area contributed by atoms with Crippen molar-refractivity contribution in [2.45, 2.75) is 62.4 Å². The minimum Gasteiger partial charge on any atom is -0.307 e. The van der Waals surface area contributed by atoms with Crippen LogP contribution in [-0.2, 0) is 0 Å². The third-order valence-electron chi connectivity index (χ3n) is 4.76. The van der Waals surface area contributed by atoms with Crippen LogP contribution in [0.25, 0.3) is 0 Å². The number of benzene rings is 1. The highest BCUT2D eigenvalue weighted by Gasteiger charge is 2.26. The molecule has 1 N–H and O–H groups in total. The summed E-state index contributed by atoms with van der Waals surface area (Å²) in [5.41, 5.74) is 1.54. The van der Waals surface area contributed by atoms with Gasteiger partial charge in [0.25, 0.3) is 0 Å². The number of hydrogen-bond acceptors (Lipinski definition) is 2. The molecule has 1 heterocycles. The second kappa shape index (κ2) is 6.32. The molecule has 19 heavy (non-hydrogen) atoms. The van der Waals surface area contributed by atoms with Crippen molar-refractivity contribution in [2.75, 3.05) is 5.75 Å². The second-order valence-corrected chi connectivity index (χ2v) is 7.17. The van der Waals surface area contributed by atoms with Crippen molar-refractivity contribution < 1.29 is 0 Å². The Morgan fingerprint density at radius 1 is 1.21 bits per heavy atom. The molecule has 1 aliphatic heterocycles. The zero-order chi connectivity index (χ0) is 13.1. The van der Waals surface area contributed by atoms with Crippen LogP contribution < -0.4 is 5.32 Å². The Bertz CT molecular complexity index is 417. The lowest BCUT2D eigenvalue weighted by Crippen LogP contribution is -2.37. The first-order valence-corrected chi connectivity index (χ1v) is 8.83. The minimum atomic E-state index is 0.595. The van der Waals surface area contributed by atoms with Gasteiger partial charge in [0.2, 0.25) is 0 Å². The zero-order valence-corrected chi connectivity index (χ0v) is 12.7. The van der Waals surface area contributed by atoms with Crippen LogP contribution in [0.2, 0.25) is 0 Å². The summed E-state index contributed by atoms with van der Waals surface area (Å²) < 4.78 is 0. The Morgan fingerprint density at radius 3 is 3.00 bits per heavy atom. The van der Waals surface area contributed by atoms with Crippen molar-refractivity contribution in [1.82, 2.24) is 5.32 Å². The number of rotatable bonds is 3. The van der Waals surface area contributed by atoms with Gasteiger partial charge in [0.05, 0.1) is 0 Å². The predicted molar refractivity (Wildman–Crippen MR) is 83.7 cm³/mol. The topological polar surface area (TPSA) is 12.0 Å². The molecular formula is C17H25NS. The standard InChI is InChI=1S/C17H25NS/c1-2-13-6-5-7-14(12-13)18-16-10-11-19-17-9-4-3-8-15(16)17/h3-4,8-9,13-14,16,18H,2,5-7,10-12H2,1H3. The first-order chi connectivity index (χ1) is 9.36. The smallest absolute Gasteiger partial charge is 0.0341 e. The summed E-state index contributed by atoms with van der Waals surface area (Å²) in [5, 5.41) is 3.96. The monoisotopic (exact) mass is 275 g/mol. The fourth-order valence-corrected chi connectivity index (χ4v) is 4.74. The van der Waals surface area contributed by atoms with E-state index in [4.69, 9.17) is 0 Å². The SMILES string of the molecule is CCC1CCCC(NC2CCSc3ccccc32)C1. The Kier molecular flexibility index (Phi) is 4.49. The molecule has 1 aromatic rings. The quantitative estimate of drug-likeness (QED) is 0.852. The first-order valence-electron chi connectivity index (χ1n) is 7.84. The normalized spacial score (nSPS) is 30.9. The molecule has 0 saturated heterocycles. The molecule has 3 rings (SSSR count). The van der Waals surface area contributed by atoms with E-state index in [1.54, 1.807) is 0 Å². The third kappa shape index (κ3) is 3.17. The van der Waals surface area contributed by atoms with Crippen molar-refractivity contribution in [3.8, 4) is 0 Å². The van der Waals surface area contributed by atoms with Crippen LogP contribution >= 0.6 is 11.8 Å².